The zero-order valence-corrected chi connectivity index (χ0v) is 43.2. The zero-order valence-electron chi connectivity index (χ0n) is 42.2. The van der Waals surface area contributed by atoms with E-state index < -0.39 is 126 Å². The quantitative estimate of drug-likeness (QED) is 0.0703. The standard InChI is InChI=1S/C50H75NO15Si/c1-16-67(17-2,18-3)66-35-25-36-49(27-60-36,64-31(8)53)39-41(63-42(55)32-22-20-19-21-23-32)50(59)26-33(29(6)37(46(50,12)13)38(61-30(7)52)40(54)47(35,39)14)62-43(56)48(15,58)34(24-28(4)5)51-44(57)65-45(9,10)11/h19-23,28,33-36,38-39,41,58-59H,16-18,24-27H2,1-15H3,(H,51,57)/t33-,34-,35-,36+,38+,39-,41-,47+,48-,49-,50+/m0/s1. The van der Waals surface area contributed by atoms with E-state index in [0.717, 1.165) is 6.92 Å². The van der Waals surface area contributed by atoms with Crippen LogP contribution in [0.15, 0.2) is 41.5 Å². The highest BCUT2D eigenvalue weighted by molar-refractivity contribution is 6.73. The fourth-order valence-electron chi connectivity index (χ4n) is 11.2. The number of ether oxygens (including phenoxy) is 6. The molecule has 11 atom stereocenters. The van der Waals surface area contributed by atoms with Crippen molar-refractivity contribution >= 4 is 44.1 Å². The van der Waals surface area contributed by atoms with Crippen LogP contribution in [0.2, 0.25) is 18.1 Å². The summed E-state index contributed by atoms with van der Waals surface area (Å²) in [4.78, 5) is 85.4. The molecule has 2 saturated carbocycles. The minimum atomic E-state index is -2.63. The summed E-state index contributed by atoms with van der Waals surface area (Å²) in [6, 6.07) is 8.93. The minimum absolute atomic E-state index is 0.0803. The Labute approximate surface area is 396 Å². The molecule has 0 radical (unpaired) electrons. The number of carbonyl (C=O) groups is 6. The van der Waals surface area contributed by atoms with Crippen molar-refractivity contribution < 1.29 is 71.8 Å². The van der Waals surface area contributed by atoms with Crippen LogP contribution in [-0.4, -0.2) is 120 Å². The maximum absolute atomic E-state index is 16.3. The predicted molar refractivity (Wildman–Crippen MR) is 248 cm³/mol. The topological polar surface area (TPSA) is 220 Å². The summed E-state index contributed by atoms with van der Waals surface area (Å²) in [5.74, 6) is -5.83. The van der Waals surface area contributed by atoms with E-state index in [1.807, 2.05) is 34.6 Å². The number of benzene rings is 1. The number of hydrogen-bond acceptors (Lipinski definition) is 15. The van der Waals surface area contributed by atoms with Gasteiger partial charge in [-0.05, 0) is 95.3 Å². The molecule has 4 aliphatic rings. The average molecular weight is 958 g/mol. The van der Waals surface area contributed by atoms with Gasteiger partial charge in [-0.1, -0.05) is 66.7 Å². The van der Waals surface area contributed by atoms with E-state index >= 15 is 4.79 Å². The fourth-order valence-corrected chi connectivity index (χ4v) is 14.2. The molecule has 67 heavy (non-hydrogen) atoms. The first-order valence-electron chi connectivity index (χ1n) is 23.7. The average Bonchev–Trinajstić information content (AvgIpc) is 3.22. The number of nitrogens with one attached hydrogen (secondary N) is 1. The predicted octanol–water partition coefficient (Wildman–Crippen LogP) is 6.92. The Morgan fingerprint density at radius 2 is 1.52 bits per heavy atom. The van der Waals surface area contributed by atoms with Crippen LogP contribution in [0.1, 0.15) is 133 Å². The van der Waals surface area contributed by atoms with Crippen molar-refractivity contribution in [3.8, 4) is 0 Å². The van der Waals surface area contributed by atoms with Crippen LogP contribution in [0.3, 0.4) is 0 Å². The molecule has 5 rings (SSSR count). The third-order valence-electron chi connectivity index (χ3n) is 15.2. The first-order valence-corrected chi connectivity index (χ1v) is 26.3. The lowest BCUT2D eigenvalue weighted by atomic mass is 9.44. The van der Waals surface area contributed by atoms with Crippen LogP contribution >= 0.6 is 0 Å². The monoisotopic (exact) mass is 957 g/mol. The summed E-state index contributed by atoms with van der Waals surface area (Å²) in [6.07, 6.45) is -7.97. The van der Waals surface area contributed by atoms with Crippen molar-refractivity contribution in [2.75, 3.05) is 6.61 Å². The highest BCUT2D eigenvalue weighted by Gasteiger charge is 2.79. The van der Waals surface area contributed by atoms with Crippen LogP contribution in [-0.2, 0) is 52.0 Å². The van der Waals surface area contributed by atoms with E-state index in [1.165, 1.54) is 26.0 Å². The largest absolute Gasteiger partial charge is 0.456 e. The van der Waals surface area contributed by atoms with Gasteiger partial charge in [-0.25, -0.2) is 14.4 Å². The second-order valence-corrected chi connectivity index (χ2v) is 26.2. The van der Waals surface area contributed by atoms with Gasteiger partial charge < -0.3 is 48.4 Å². The van der Waals surface area contributed by atoms with Gasteiger partial charge >= 0.3 is 30.0 Å². The summed E-state index contributed by atoms with van der Waals surface area (Å²) in [7, 11) is -2.63. The van der Waals surface area contributed by atoms with E-state index in [0.29, 0.717) is 18.1 Å². The number of Topliss-reactive ketones (excluding diaryl/α,β-unsaturated/α-hetero) is 1. The lowest BCUT2D eigenvalue weighted by Crippen LogP contribution is -2.82. The van der Waals surface area contributed by atoms with Gasteiger partial charge in [-0.15, -0.1) is 0 Å². The van der Waals surface area contributed by atoms with Gasteiger partial charge in [0.15, 0.2) is 31.4 Å². The van der Waals surface area contributed by atoms with Crippen LogP contribution in [0.25, 0.3) is 0 Å². The van der Waals surface area contributed by atoms with E-state index in [1.54, 1.807) is 66.7 Å². The molecule has 3 N–H and O–H groups in total. The Morgan fingerprint density at radius 1 is 0.925 bits per heavy atom. The van der Waals surface area contributed by atoms with Gasteiger partial charge in [0.1, 0.15) is 29.5 Å². The molecule has 1 aliphatic heterocycles. The number of aliphatic hydroxyl groups is 2. The van der Waals surface area contributed by atoms with Gasteiger partial charge in [-0.2, -0.15) is 0 Å². The van der Waals surface area contributed by atoms with Crippen molar-refractivity contribution in [3.05, 3.63) is 47.0 Å². The molecule has 0 spiro atoms. The molecule has 1 aromatic carbocycles. The highest BCUT2D eigenvalue weighted by Crippen LogP contribution is 2.65. The first kappa shape index (κ1) is 53.8. The Balaban J connectivity index is 1.82. The number of amides is 1. The molecule has 0 unspecified atom stereocenters. The number of fused-ring (bicyclic) bond motifs is 5. The molecule has 17 heteroatoms. The molecule has 374 valence electrons. The van der Waals surface area contributed by atoms with Crippen LogP contribution < -0.4 is 5.32 Å². The normalized spacial score (nSPS) is 31.6. The van der Waals surface area contributed by atoms with Crippen molar-refractivity contribution in [2.45, 2.75) is 200 Å². The second kappa shape index (κ2) is 19.3. The Hall–Kier alpha value is -4.16. The summed E-state index contributed by atoms with van der Waals surface area (Å²) >= 11 is 0. The second-order valence-electron chi connectivity index (χ2n) is 21.5. The van der Waals surface area contributed by atoms with Crippen LogP contribution in [0.4, 0.5) is 4.79 Å². The van der Waals surface area contributed by atoms with E-state index in [2.05, 4.69) is 5.32 Å². The third-order valence-corrected chi connectivity index (χ3v) is 19.9. The number of rotatable bonds is 15. The summed E-state index contributed by atoms with van der Waals surface area (Å²) in [6.45, 7) is 24.7. The smallest absolute Gasteiger partial charge is 0.407 e. The molecular formula is C50H75NO15Si. The number of ketones is 1. The van der Waals surface area contributed by atoms with E-state index in [9.17, 15) is 34.2 Å². The number of hydrogen-bond donors (Lipinski definition) is 3. The van der Waals surface area contributed by atoms with Gasteiger partial charge in [0, 0.05) is 32.1 Å². The molecule has 0 aromatic heterocycles. The molecule has 3 aliphatic carbocycles. The van der Waals surface area contributed by atoms with Crippen molar-refractivity contribution in [3.63, 3.8) is 0 Å². The maximum atomic E-state index is 16.3. The van der Waals surface area contributed by atoms with Crippen LogP contribution in [0, 0.1) is 22.7 Å². The summed E-state index contributed by atoms with van der Waals surface area (Å²) in [5.41, 5.74) is -10.4. The van der Waals surface area contributed by atoms with Crippen molar-refractivity contribution in [2.24, 2.45) is 22.7 Å². The molecule has 1 saturated heterocycles. The Kier molecular flexibility index (Phi) is 15.5. The lowest BCUT2D eigenvalue weighted by molar-refractivity contribution is -0.344. The molecule has 1 heterocycles. The van der Waals surface area contributed by atoms with Crippen LogP contribution in [0.5, 0.6) is 0 Å². The molecule has 16 nitrogen and oxygen atoms in total. The van der Waals surface area contributed by atoms with E-state index in [-0.39, 0.29) is 42.1 Å². The van der Waals surface area contributed by atoms with Gasteiger partial charge in [0.25, 0.3) is 0 Å². The van der Waals surface area contributed by atoms with Crippen molar-refractivity contribution in [1.29, 1.82) is 0 Å². The Bertz CT molecular complexity index is 2080. The van der Waals surface area contributed by atoms with Gasteiger partial charge in [0.2, 0.25) is 0 Å². The van der Waals surface area contributed by atoms with Crippen molar-refractivity contribution in [1.82, 2.24) is 5.32 Å². The molecular weight excluding hydrogens is 883 g/mol. The fraction of sp³-hybridized carbons (Fsp3) is 0.720. The number of carbonyl (C=O) groups excluding carboxylic acids is 6. The number of esters is 4. The third kappa shape index (κ3) is 9.86. The summed E-state index contributed by atoms with van der Waals surface area (Å²) in [5, 5.41) is 28.8. The maximum Gasteiger partial charge on any atom is 0.407 e. The molecule has 3 fully saturated rings. The lowest BCUT2D eigenvalue weighted by Gasteiger charge is -2.68. The Morgan fingerprint density at radius 3 is 2.01 bits per heavy atom. The van der Waals surface area contributed by atoms with Gasteiger partial charge in [-0.3, -0.25) is 14.4 Å². The minimum Gasteiger partial charge on any atom is -0.456 e. The molecule has 2 bridgehead atoms. The zero-order chi connectivity index (χ0) is 50.5. The first-order chi connectivity index (χ1) is 30.9. The molecule has 1 aromatic rings. The SMILES string of the molecule is CC[Si](CC)(CC)O[C@H]1C[C@H]2OC[C@@]2(OC(C)=O)[C@H]2[C@H](OC(=O)c3ccccc3)[C@]3(O)C[C@H](OC(=O)[C@@](C)(O)[C@H](CC(C)C)NC(=O)OC(C)(C)C)C(C)=C([C@@H](OC(C)=O)C(=O)[C@]12C)C3(C)C. The highest BCUT2D eigenvalue weighted by atomic mass is 28.4. The number of alkyl carbamates (subject to hydrolysis) is 1. The summed E-state index contributed by atoms with van der Waals surface area (Å²) < 4.78 is 44.4. The van der Waals surface area contributed by atoms with Gasteiger partial charge in [0.05, 0.1) is 35.6 Å². The molecule has 1 amide bonds. The van der Waals surface area contributed by atoms with E-state index in [4.69, 9.17) is 32.8 Å².